The number of hydrogen-bond donors (Lipinski definition) is 0. The molecule has 0 fully saturated rings. The van der Waals surface area contributed by atoms with Crippen molar-refractivity contribution in [3.8, 4) is 0 Å². The SMILES string of the molecule is C/C=C\CCCC(C)C(=O)Cl. The Morgan fingerprint density at radius 3 is 2.73 bits per heavy atom. The maximum atomic E-state index is 10.6. The summed E-state index contributed by atoms with van der Waals surface area (Å²) in [4.78, 5) is 10.6. The van der Waals surface area contributed by atoms with E-state index in [0.717, 1.165) is 19.3 Å². The third-order valence-electron chi connectivity index (χ3n) is 1.63. The van der Waals surface area contributed by atoms with Gasteiger partial charge in [0.25, 0.3) is 0 Å². The third kappa shape index (κ3) is 6.11. The lowest BCUT2D eigenvalue weighted by atomic mass is 10.1. The standard InChI is InChI=1S/C9H15ClO/c1-3-4-5-6-7-8(2)9(10)11/h3-4,8H,5-7H2,1-2H3/b4-3-. The van der Waals surface area contributed by atoms with Gasteiger partial charge in [-0.05, 0) is 37.8 Å². The highest BCUT2D eigenvalue weighted by molar-refractivity contribution is 6.63. The Morgan fingerprint density at radius 1 is 1.64 bits per heavy atom. The summed E-state index contributed by atoms with van der Waals surface area (Å²) < 4.78 is 0. The van der Waals surface area contributed by atoms with Crippen molar-refractivity contribution in [3.05, 3.63) is 12.2 Å². The summed E-state index contributed by atoms with van der Waals surface area (Å²) >= 11 is 5.28. The summed E-state index contributed by atoms with van der Waals surface area (Å²) in [5, 5.41) is -0.217. The molecule has 0 aliphatic carbocycles. The first kappa shape index (κ1) is 10.7. The fourth-order valence-electron chi connectivity index (χ4n) is 0.822. The molecule has 1 nitrogen and oxygen atoms in total. The minimum Gasteiger partial charge on any atom is -0.281 e. The molecule has 0 aromatic carbocycles. The van der Waals surface area contributed by atoms with Crippen LogP contribution in [0.25, 0.3) is 0 Å². The van der Waals surface area contributed by atoms with E-state index in [0.29, 0.717) is 0 Å². The summed E-state index contributed by atoms with van der Waals surface area (Å²) in [5.74, 6) is 0.0157. The third-order valence-corrected chi connectivity index (χ3v) is 2.00. The van der Waals surface area contributed by atoms with Gasteiger partial charge in [0, 0.05) is 5.92 Å². The van der Waals surface area contributed by atoms with Gasteiger partial charge in [-0.2, -0.15) is 0 Å². The molecule has 64 valence electrons. The lowest BCUT2D eigenvalue weighted by molar-refractivity contribution is -0.114. The van der Waals surface area contributed by atoms with E-state index in [1.807, 2.05) is 19.9 Å². The Hall–Kier alpha value is -0.300. The first-order valence-corrected chi connectivity index (χ1v) is 4.36. The fraction of sp³-hybridized carbons (Fsp3) is 0.667. The number of rotatable bonds is 5. The van der Waals surface area contributed by atoms with Crippen LogP contribution in [0.1, 0.15) is 33.1 Å². The van der Waals surface area contributed by atoms with Crippen LogP contribution in [0.15, 0.2) is 12.2 Å². The van der Waals surface area contributed by atoms with Crippen LogP contribution < -0.4 is 0 Å². The van der Waals surface area contributed by atoms with E-state index in [1.165, 1.54) is 0 Å². The summed E-state index contributed by atoms with van der Waals surface area (Å²) in [6.07, 6.45) is 7.11. The van der Waals surface area contributed by atoms with Crippen molar-refractivity contribution < 1.29 is 4.79 Å². The maximum absolute atomic E-state index is 10.6. The average Bonchev–Trinajstić information content (AvgIpc) is 1.97. The Labute approximate surface area is 73.4 Å². The highest BCUT2D eigenvalue weighted by Gasteiger charge is 2.07. The van der Waals surface area contributed by atoms with Crippen molar-refractivity contribution in [2.24, 2.45) is 5.92 Å². The van der Waals surface area contributed by atoms with E-state index in [9.17, 15) is 4.79 Å². The molecule has 0 saturated carbocycles. The molecule has 0 aromatic rings. The van der Waals surface area contributed by atoms with Crippen molar-refractivity contribution in [2.45, 2.75) is 33.1 Å². The second kappa shape index (κ2) is 6.41. The highest BCUT2D eigenvalue weighted by Crippen LogP contribution is 2.10. The van der Waals surface area contributed by atoms with Gasteiger partial charge in [0.2, 0.25) is 5.24 Å². The molecule has 0 aromatic heterocycles. The van der Waals surface area contributed by atoms with Gasteiger partial charge in [-0.25, -0.2) is 0 Å². The van der Waals surface area contributed by atoms with Gasteiger partial charge in [-0.3, -0.25) is 4.79 Å². The average molecular weight is 175 g/mol. The molecular weight excluding hydrogens is 160 g/mol. The second-order valence-electron chi connectivity index (χ2n) is 2.71. The molecule has 0 bridgehead atoms. The zero-order valence-electron chi connectivity index (χ0n) is 7.14. The van der Waals surface area contributed by atoms with Crippen molar-refractivity contribution in [1.29, 1.82) is 0 Å². The molecule has 0 aliphatic rings. The molecule has 0 N–H and O–H groups in total. The van der Waals surface area contributed by atoms with Gasteiger partial charge >= 0.3 is 0 Å². The first-order valence-electron chi connectivity index (χ1n) is 3.99. The van der Waals surface area contributed by atoms with E-state index in [2.05, 4.69) is 6.08 Å². The molecule has 0 heterocycles. The Balaban J connectivity index is 3.31. The molecular formula is C9H15ClO. The molecule has 0 aliphatic heterocycles. The van der Waals surface area contributed by atoms with Crippen LogP contribution in [0.4, 0.5) is 0 Å². The summed E-state index contributed by atoms with van der Waals surface area (Å²) in [6.45, 7) is 3.86. The molecule has 1 unspecified atom stereocenters. The number of hydrogen-bond acceptors (Lipinski definition) is 1. The zero-order valence-corrected chi connectivity index (χ0v) is 7.90. The van der Waals surface area contributed by atoms with Crippen LogP contribution in [0.2, 0.25) is 0 Å². The lowest BCUT2D eigenvalue weighted by Crippen LogP contribution is -2.02. The van der Waals surface area contributed by atoms with Crippen molar-refractivity contribution in [3.63, 3.8) is 0 Å². The van der Waals surface area contributed by atoms with E-state index >= 15 is 0 Å². The van der Waals surface area contributed by atoms with E-state index < -0.39 is 0 Å². The Morgan fingerprint density at radius 2 is 2.27 bits per heavy atom. The van der Waals surface area contributed by atoms with Crippen LogP contribution in [0.3, 0.4) is 0 Å². The van der Waals surface area contributed by atoms with Gasteiger partial charge in [0.1, 0.15) is 0 Å². The molecule has 2 heteroatoms. The summed E-state index contributed by atoms with van der Waals surface area (Å²) in [7, 11) is 0. The molecule has 0 radical (unpaired) electrons. The lowest BCUT2D eigenvalue weighted by Gasteiger charge is -2.02. The van der Waals surface area contributed by atoms with Crippen LogP contribution in [0, 0.1) is 5.92 Å². The van der Waals surface area contributed by atoms with E-state index in [1.54, 1.807) is 0 Å². The molecule has 11 heavy (non-hydrogen) atoms. The van der Waals surface area contributed by atoms with Crippen LogP contribution in [-0.2, 0) is 4.79 Å². The van der Waals surface area contributed by atoms with Gasteiger partial charge in [0.15, 0.2) is 0 Å². The Bertz CT molecular complexity index is 140. The minimum atomic E-state index is -0.217. The first-order chi connectivity index (χ1) is 5.18. The number of halogens is 1. The van der Waals surface area contributed by atoms with Crippen LogP contribution in [0.5, 0.6) is 0 Å². The predicted molar refractivity (Wildman–Crippen MR) is 48.7 cm³/mol. The minimum absolute atomic E-state index is 0.0157. The van der Waals surface area contributed by atoms with Crippen LogP contribution in [-0.4, -0.2) is 5.24 Å². The Kier molecular flexibility index (Phi) is 6.24. The zero-order chi connectivity index (χ0) is 8.69. The topological polar surface area (TPSA) is 17.1 Å². The van der Waals surface area contributed by atoms with Gasteiger partial charge in [-0.15, -0.1) is 0 Å². The molecule has 0 spiro atoms. The molecule has 0 saturated heterocycles. The van der Waals surface area contributed by atoms with Crippen molar-refractivity contribution in [2.75, 3.05) is 0 Å². The maximum Gasteiger partial charge on any atom is 0.224 e. The van der Waals surface area contributed by atoms with Crippen LogP contribution >= 0.6 is 11.6 Å². The fourth-order valence-corrected chi connectivity index (χ4v) is 0.931. The number of carbonyl (C=O) groups excluding carboxylic acids is 1. The summed E-state index contributed by atoms with van der Waals surface area (Å²) in [5.41, 5.74) is 0. The number of unbranched alkanes of at least 4 members (excludes halogenated alkanes) is 1. The number of allylic oxidation sites excluding steroid dienone is 2. The largest absolute Gasteiger partial charge is 0.281 e. The highest BCUT2D eigenvalue weighted by atomic mass is 35.5. The molecule has 0 amide bonds. The summed E-state index contributed by atoms with van der Waals surface area (Å²) in [6, 6.07) is 0. The van der Waals surface area contributed by atoms with Gasteiger partial charge < -0.3 is 0 Å². The van der Waals surface area contributed by atoms with E-state index in [4.69, 9.17) is 11.6 Å². The van der Waals surface area contributed by atoms with Gasteiger partial charge in [-0.1, -0.05) is 19.1 Å². The van der Waals surface area contributed by atoms with E-state index in [-0.39, 0.29) is 11.2 Å². The second-order valence-corrected chi connectivity index (χ2v) is 3.08. The van der Waals surface area contributed by atoms with Gasteiger partial charge in [0.05, 0.1) is 0 Å². The smallest absolute Gasteiger partial charge is 0.224 e. The molecule has 1 atom stereocenters. The number of carbonyl (C=O) groups is 1. The van der Waals surface area contributed by atoms with Crippen molar-refractivity contribution in [1.82, 2.24) is 0 Å². The normalized spacial score (nSPS) is 13.7. The van der Waals surface area contributed by atoms with Crippen molar-refractivity contribution >= 4 is 16.8 Å². The quantitative estimate of drug-likeness (QED) is 0.356. The monoisotopic (exact) mass is 174 g/mol. The molecule has 0 rings (SSSR count). The predicted octanol–water partition coefficient (Wildman–Crippen LogP) is 3.13.